The predicted molar refractivity (Wildman–Crippen MR) is 113 cm³/mol. The molecule has 10 nitrogen and oxygen atoms in total. The Hall–Kier alpha value is -3.80. The third-order valence-corrected chi connectivity index (χ3v) is 5.31. The maximum absolute atomic E-state index is 13.4. The van der Waals surface area contributed by atoms with Gasteiger partial charge in [-0.15, -0.1) is 10.2 Å². The number of nitrogens with zero attached hydrogens (tertiary/aromatic N) is 4. The van der Waals surface area contributed by atoms with Crippen molar-refractivity contribution in [2.75, 3.05) is 12.9 Å². The van der Waals surface area contributed by atoms with Gasteiger partial charge in [-0.2, -0.15) is 0 Å². The molecule has 0 unspecified atom stereocenters. The molecule has 1 aromatic heterocycles. The van der Waals surface area contributed by atoms with E-state index >= 15 is 0 Å². The summed E-state index contributed by atoms with van der Waals surface area (Å²) in [5, 5.41) is 22.2. The van der Waals surface area contributed by atoms with Gasteiger partial charge in [-0.1, -0.05) is 17.8 Å². The van der Waals surface area contributed by atoms with Crippen molar-refractivity contribution in [3.8, 4) is 5.69 Å². The summed E-state index contributed by atoms with van der Waals surface area (Å²) in [5.74, 6) is -1.12. The smallest absolute Gasteiger partial charge is 0.316 e. The van der Waals surface area contributed by atoms with E-state index < -0.39 is 22.6 Å². The number of methoxy groups -OCH3 is 1. The van der Waals surface area contributed by atoms with Gasteiger partial charge in [0.2, 0.25) is 0 Å². The molecule has 0 spiro atoms. The number of aryl methyl sites for hydroxylation is 1. The molecule has 32 heavy (non-hydrogen) atoms. The first-order valence-corrected chi connectivity index (χ1v) is 10.2. The molecule has 0 saturated carbocycles. The zero-order valence-electron chi connectivity index (χ0n) is 17.1. The summed E-state index contributed by atoms with van der Waals surface area (Å²) >= 11 is 1.07. The van der Waals surface area contributed by atoms with E-state index in [0.29, 0.717) is 22.2 Å². The summed E-state index contributed by atoms with van der Waals surface area (Å²) in [6.45, 7) is 1.52. The van der Waals surface area contributed by atoms with E-state index in [-0.39, 0.29) is 23.5 Å². The number of benzene rings is 2. The van der Waals surface area contributed by atoms with Crippen LogP contribution in [0, 0.1) is 22.9 Å². The van der Waals surface area contributed by atoms with Gasteiger partial charge in [-0.25, -0.2) is 4.39 Å². The van der Waals surface area contributed by atoms with E-state index in [1.54, 1.807) is 11.5 Å². The highest BCUT2D eigenvalue weighted by molar-refractivity contribution is 7.99. The molecule has 1 heterocycles. The fourth-order valence-corrected chi connectivity index (χ4v) is 3.55. The molecule has 0 aliphatic carbocycles. The molecule has 1 amide bonds. The summed E-state index contributed by atoms with van der Waals surface area (Å²) in [5.41, 5.74) is 0.929. The summed E-state index contributed by atoms with van der Waals surface area (Å²) in [6.07, 6.45) is 0. The van der Waals surface area contributed by atoms with Crippen LogP contribution in [-0.4, -0.2) is 44.4 Å². The molecule has 0 aliphatic rings. The van der Waals surface area contributed by atoms with Crippen molar-refractivity contribution in [1.82, 2.24) is 20.1 Å². The molecule has 0 bridgehead atoms. The van der Waals surface area contributed by atoms with Crippen LogP contribution in [0.1, 0.15) is 21.7 Å². The van der Waals surface area contributed by atoms with Gasteiger partial charge >= 0.3 is 5.97 Å². The van der Waals surface area contributed by atoms with Gasteiger partial charge in [0.1, 0.15) is 5.82 Å². The highest BCUT2D eigenvalue weighted by atomic mass is 32.2. The van der Waals surface area contributed by atoms with Gasteiger partial charge in [0, 0.05) is 22.9 Å². The second-order valence-corrected chi connectivity index (χ2v) is 7.46. The van der Waals surface area contributed by atoms with Crippen molar-refractivity contribution in [1.29, 1.82) is 0 Å². The summed E-state index contributed by atoms with van der Waals surface area (Å²) in [7, 11) is 1.27. The quantitative estimate of drug-likeness (QED) is 0.236. The maximum atomic E-state index is 13.4. The number of esters is 1. The van der Waals surface area contributed by atoms with Gasteiger partial charge in [0.05, 0.1) is 24.3 Å². The fourth-order valence-electron chi connectivity index (χ4n) is 2.75. The number of aromatic nitrogens is 3. The van der Waals surface area contributed by atoms with Crippen LogP contribution < -0.4 is 5.32 Å². The topological polar surface area (TPSA) is 129 Å². The van der Waals surface area contributed by atoms with Crippen LogP contribution in [0.5, 0.6) is 0 Å². The Morgan fingerprint density at radius 1 is 1.22 bits per heavy atom. The molecule has 0 atom stereocenters. The number of hydrogen-bond donors (Lipinski definition) is 1. The number of rotatable bonds is 8. The lowest BCUT2D eigenvalue weighted by molar-refractivity contribution is -0.385. The SMILES string of the molecule is COC(=O)CSc1nnc(CNC(=O)c2ccc(C)c([N+](=O)[O-])c2)n1-c1ccc(F)cc1. The van der Waals surface area contributed by atoms with E-state index in [0.717, 1.165) is 11.8 Å². The van der Waals surface area contributed by atoms with Gasteiger partial charge < -0.3 is 10.1 Å². The average molecular weight is 459 g/mol. The van der Waals surface area contributed by atoms with Crippen LogP contribution in [0.25, 0.3) is 5.69 Å². The van der Waals surface area contributed by atoms with Crippen LogP contribution in [0.15, 0.2) is 47.6 Å². The lowest BCUT2D eigenvalue weighted by Gasteiger charge is -2.11. The number of ether oxygens (including phenoxy) is 1. The van der Waals surface area contributed by atoms with Crippen LogP contribution in [0.2, 0.25) is 0 Å². The Morgan fingerprint density at radius 3 is 2.59 bits per heavy atom. The molecule has 0 radical (unpaired) electrons. The molecule has 0 saturated heterocycles. The van der Waals surface area contributed by atoms with E-state index in [9.17, 15) is 24.1 Å². The van der Waals surface area contributed by atoms with Gasteiger partial charge in [0.15, 0.2) is 11.0 Å². The number of hydrogen-bond acceptors (Lipinski definition) is 8. The number of nitrogens with one attached hydrogen (secondary N) is 1. The minimum absolute atomic E-state index is 0.0186. The number of amides is 1. The fraction of sp³-hybridized carbons (Fsp3) is 0.200. The zero-order valence-corrected chi connectivity index (χ0v) is 17.9. The molecular weight excluding hydrogens is 441 g/mol. The number of halogens is 1. The van der Waals surface area contributed by atoms with Crippen LogP contribution in [-0.2, 0) is 16.1 Å². The number of nitro benzene ring substituents is 1. The number of carbonyl (C=O) groups is 2. The van der Waals surface area contributed by atoms with Gasteiger partial charge in [-0.3, -0.25) is 24.3 Å². The minimum atomic E-state index is -0.553. The summed E-state index contributed by atoms with van der Waals surface area (Å²) in [6, 6.07) is 9.73. The third kappa shape index (κ3) is 5.27. The molecule has 3 aromatic rings. The van der Waals surface area contributed by atoms with Crippen molar-refractivity contribution in [2.45, 2.75) is 18.6 Å². The lowest BCUT2D eigenvalue weighted by Crippen LogP contribution is -2.24. The summed E-state index contributed by atoms with van der Waals surface area (Å²) in [4.78, 5) is 34.6. The zero-order chi connectivity index (χ0) is 23.3. The van der Waals surface area contributed by atoms with E-state index in [1.165, 1.54) is 49.6 Å². The molecular formula is C20H18FN5O5S. The molecule has 0 fully saturated rings. The Morgan fingerprint density at radius 2 is 1.94 bits per heavy atom. The Labute approximate surface area is 185 Å². The normalized spacial score (nSPS) is 10.6. The van der Waals surface area contributed by atoms with Gasteiger partial charge in [-0.05, 0) is 37.3 Å². The highest BCUT2D eigenvalue weighted by Gasteiger charge is 2.19. The molecule has 166 valence electrons. The van der Waals surface area contributed by atoms with Crippen LogP contribution in [0.3, 0.4) is 0 Å². The molecule has 12 heteroatoms. The van der Waals surface area contributed by atoms with E-state index in [2.05, 4.69) is 20.3 Å². The number of nitro groups is 1. The van der Waals surface area contributed by atoms with Crippen LogP contribution in [0.4, 0.5) is 10.1 Å². The molecule has 2 aromatic carbocycles. The number of carbonyl (C=O) groups excluding carboxylic acids is 2. The molecule has 3 rings (SSSR count). The largest absolute Gasteiger partial charge is 0.468 e. The summed E-state index contributed by atoms with van der Waals surface area (Å²) < 4.78 is 19.6. The standard InChI is InChI=1S/C20H18FN5O5S/c1-12-3-4-13(9-16(12)26(29)30)19(28)22-10-17-23-24-20(32-11-18(27)31-2)25(17)15-7-5-14(21)6-8-15/h3-9H,10-11H2,1-2H3,(H,22,28). The van der Waals surface area contributed by atoms with E-state index in [4.69, 9.17) is 0 Å². The Bertz CT molecular complexity index is 1170. The molecule has 0 aliphatic heterocycles. The lowest BCUT2D eigenvalue weighted by atomic mass is 10.1. The first-order valence-electron chi connectivity index (χ1n) is 9.23. The Balaban J connectivity index is 1.84. The van der Waals surface area contributed by atoms with E-state index in [1.807, 2.05) is 0 Å². The Kier molecular flexibility index (Phi) is 7.15. The first-order chi connectivity index (χ1) is 15.3. The maximum Gasteiger partial charge on any atom is 0.316 e. The van der Waals surface area contributed by atoms with Crippen LogP contribution >= 0.6 is 11.8 Å². The number of thioether (sulfide) groups is 1. The van der Waals surface area contributed by atoms with Crippen molar-refractivity contribution in [3.63, 3.8) is 0 Å². The van der Waals surface area contributed by atoms with Crippen molar-refractivity contribution in [2.24, 2.45) is 0 Å². The second-order valence-electron chi connectivity index (χ2n) is 6.52. The van der Waals surface area contributed by atoms with Crippen molar-refractivity contribution >= 4 is 29.3 Å². The van der Waals surface area contributed by atoms with Crippen molar-refractivity contribution in [3.05, 3.63) is 75.3 Å². The average Bonchev–Trinajstić information content (AvgIpc) is 3.19. The molecule has 1 N–H and O–H groups in total. The highest BCUT2D eigenvalue weighted by Crippen LogP contribution is 2.23. The second kappa shape index (κ2) is 10.0. The monoisotopic (exact) mass is 459 g/mol. The minimum Gasteiger partial charge on any atom is -0.468 e. The van der Waals surface area contributed by atoms with Gasteiger partial charge in [0.25, 0.3) is 11.6 Å². The third-order valence-electron chi connectivity index (χ3n) is 4.41. The predicted octanol–water partition coefficient (Wildman–Crippen LogP) is 2.82. The first kappa shape index (κ1) is 22.9. The van der Waals surface area contributed by atoms with Crippen molar-refractivity contribution < 1.29 is 23.6 Å².